The van der Waals surface area contributed by atoms with Gasteiger partial charge in [0.15, 0.2) is 11.5 Å². The third kappa shape index (κ3) is 5.25. The highest BCUT2D eigenvalue weighted by Crippen LogP contribution is 2.26. The van der Waals surface area contributed by atoms with Crippen LogP contribution in [-0.4, -0.2) is 18.1 Å². The van der Waals surface area contributed by atoms with Crippen LogP contribution < -0.4 is 10.1 Å². The topological polar surface area (TPSA) is 82.3 Å². The normalized spacial score (nSPS) is 11.2. The molecule has 2 rings (SSSR count). The molecule has 5 nitrogen and oxygen atoms in total. The molecule has 5 heteroatoms. The molecule has 0 fully saturated rings. The molecule has 132 valence electrons. The SMILES string of the molecule is COc1cc(/C=C/C=C(\C#N)C(=O)NCc2cccc(C)c2)ccc1O. The molecule has 0 saturated heterocycles. The molecule has 2 N–H and O–H groups in total. The van der Waals surface area contributed by atoms with Crippen molar-refractivity contribution >= 4 is 12.0 Å². The second kappa shape index (κ2) is 9.09. The Bertz CT molecular complexity index is 892. The average Bonchev–Trinajstić information content (AvgIpc) is 2.64. The molecule has 0 radical (unpaired) electrons. The fourth-order valence-electron chi connectivity index (χ4n) is 2.32. The number of hydrogen-bond acceptors (Lipinski definition) is 4. The van der Waals surface area contributed by atoms with Gasteiger partial charge in [0, 0.05) is 6.54 Å². The molecule has 26 heavy (non-hydrogen) atoms. The number of phenols is 1. The largest absolute Gasteiger partial charge is 0.504 e. The Morgan fingerprint density at radius 3 is 2.81 bits per heavy atom. The van der Waals surface area contributed by atoms with E-state index in [1.807, 2.05) is 37.3 Å². The third-order valence-corrected chi connectivity index (χ3v) is 3.66. The molecule has 0 spiro atoms. The van der Waals surface area contributed by atoms with Crippen molar-refractivity contribution in [3.8, 4) is 17.6 Å². The first-order chi connectivity index (χ1) is 12.5. The molecule has 2 aromatic carbocycles. The van der Waals surface area contributed by atoms with Crippen LogP contribution in [0, 0.1) is 18.3 Å². The summed E-state index contributed by atoms with van der Waals surface area (Å²) in [5.74, 6) is -0.0251. The van der Waals surface area contributed by atoms with Crippen LogP contribution in [0.15, 0.2) is 60.2 Å². The van der Waals surface area contributed by atoms with Crippen molar-refractivity contribution in [2.24, 2.45) is 0 Å². The minimum atomic E-state index is -0.429. The van der Waals surface area contributed by atoms with Gasteiger partial charge in [-0.2, -0.15) is 5.26 Å². The van der Waals surface area contributed by atoms with Crippen LogP contribution in [0.25, 0.3) is 6.08 Å². The van der Waals surface area contributed by atoms with Crippen LogP contribution in [0.2, 0.25) is 0 Å². The summed E-state index contributed by atoms with van der Waals surface area (Å²) in [6.45, 7) is 2.34. The van der Waals surface area contributed by atoms with E-state index in [0.717, 1.165) is 16.7 Å². The number of hydrogen-bond donors (Lipinski definition) is 2. The van der Waals surface area contributed by atoms with Gasteiger partial charge in [-0.1, -0.05) is 48.0 Å². The Morgan fingerprint density at radius 1 is 1.31 bits per heavy atom. The fraction of sp³-hybridized carbons (Fsp3) is 0.143. The number of nitrogens with one attached hydrogen (secondary N) is 1. The number of nitriles is 1. The van der Waals surface area contributed by atoms with Crippen molar-refractivity contribution in [2.45, 2.75) is 13.5 Å². The number of phenolic OH excluding ortho intramolecular Hbond substituents is 1. The lowest BCUT2D eigenvalue weighted by Crippen LogP contribution is -2.23. The van der Waals surface area contributed by atoms with Crippen LogP contribution in [0.3, 0.4) is 0 Å². The summed E-state index contributed by atoms with van der Waals surface area (Å²) in [6.07, 6.45) is 4.77. The zero-order chi connectivity index (χ0) is 18.9. The zero-order valence-electron chi connectivity index (χ0n) is 14.7. The van der Waals surface area contributed by atoms with E-state index >= 15 is 0 Å². The van der Waals surface area contributed by atoms with Crippen LogP contribution in [0.1, 0.15) is 16.7 Å². The van der Waals surface area contributed by atoms with Gasteiger partial charge < -0.3 is 15.2 Å². The molecule has 0 unspecified atom stereocenters. The number of carbonyl (C=O) groups excluding carboxylic acids is 1. The fourth-order valence-corrected chi connectivity index (χ4v) is 2.32. The van der Waals surface area contributed by atoms with Gasteiger partial charge in [-0.3, -0.25) is 4.79 Å². The monoisotopic (exact) mass is 348 g/mol. The van der Waals surface area contributed by atoms with Crippen molar-refractivity contribution in [2.75, 3.05) is 7.11 Å². The number of methoxy groups -OCH3 is 1. The first-order valence-electron chi connectivity index (χ1n) is 8.02. The average molecular weight is 348 g/mol. The van der Waals surface area contributed by atoms with E-state index in [1.165, 1.54) is 19.3 Å². The number of aryl methyl sites for hydroxylation is 1. The molecule has 0 saturated carbocycles. The Hall–Kier alpha value is -3.52. The van der Waals surface area contributed by atoms with E-state index < -0.39 is 5.91 Å². The minimum Gasteiger partial charge on any atom is -0.504 e. The number of ether oxygens (including phenoxy) is 1. The van der Waals surface area contributed by atoms with Crippen molar-refractivity contribution in [3.05, 3.63) is 76.9 Å². The van der Waals surface area contributed by atoms with Crippen molar-refractivity contribution < 1.29 is 14.6 Å². The van der Waals surface area contributed by atoms with Crippen LogP contribution in [-0.2, 0) is 11.3 Å². The van der Waals surface area contributed by atoms with Crippen molar-refractivity contribution in [3.63, 3.8) is 0 Å². The molecule has 2 aromatic rings. The third-order valence-electron chi connectivity index (χ3n) is 3.66. The highest BCUT2D eigenvalue weighted by molar-refractivity contribution is 5.97. The highest BCUT2D eigenvalue weighted by atomic mass is 16.5. The summed E-state index contributed by atoms with van der Waals surface area (Å²) in [5.41, 5.74) is 2.87. The van der Waals surface area contributed by atoms with Gasteiger partial charge in [-0.15, -0.1) is 0 Å². The predicted molar refractivity (Wildman–Crippen MR) is 100 cm³/mol. The summed E-state index contributed by atoms with van der Waals surface area (Å²) in [5, 5.41) is 21.5. The maximum Gasteiger partial charge on any atom is 0.262 e. The summed E-state index contributed by atoms with van der Waals surface area (Å²) in [6, 6.07) is 14.6. The minimum absolute atomic E-state index is 0.0136. The lowest BCUT2D eigenvalue weighted by Gasteiger charge is -2.05. The molecule has 0 aliphatic heterocycles. The quantitative estimate of drug-likeness (QED) is 0.476. The Labute approximate surface area is 152 Å². The lowest BCUT2D eigenvalue weighted by atomic mass is 10.1. The molecule has 0 aliphatic rings. The number of allylic oxidation sites excluding steroid dienone is 2. The molecule has 0 heterocycles. The number of carbonyl (C=O) groups is 1. The van der Waals surface area contributed by atoms with E-state index in [2.05, 4.69) is 5.32 Å². The van der Waals surface area contributed by atoms with Crippen LogP contribution in [0.5, 0.6) is 11.5 Å². The van der Waals surface area contributed by atoms with Gasteiger partial charge in [-0.05, 0) is 36.3 Å². The van der Waals surface area contributed by atoms with Gasteiger partial charge >= 0.3 is 0 Å². The lowest BCUT2D eigenvalue weighted by molar-refractivity contribution is -0.117. The first kappa shape index (κ1) is 18.8. The molecule has 1 amide bonds. The van der Waals surface area contributed by atoms with E-state index in [0.29, 0.717) is 12.3 Å². The molecule has 0 aliphatic carbocycles. The molecule has 0 aromatic heterocycles. The smallest absolute Gasteiger partial charge is 0.262 e. The number of amides is 1. The van der Waals surface area contributed by atoms with E-state index in [9.17, 15) is 15.2 Å². The van der Waals surface area contributed by atoms with Gasteiger partial charge in [0.05, 0.1) is 7.11 Å². The van der Waals surface area contributed by atoms with Crippen molar-refractivity contribution in [1.29, 1.82) is 5.26 Å². The zero-order valence-corrected chi connectivity index (χ0v) is 14.7. The number of benzene rings is 2. The molecular formula is C21H20N2O3. The van der Waals surface area contributed by atoms with Gasteiger partial charge in [0.25, 0.3) is 5.91 Å². The Kier molecular flexibility index (Phi) is 6.58. The number of nitrogens with zero attached hydrogens (tertiary/aromatic N) is 1. The summed E-state index contributed by atoms with van der Waals surface area (Å²) >= 11 is 0. The Morgan fingerprint density at radius 2 is 2.12 bits per heavy atom. The molecule has 0 bridgehead atoms. The second-order valence-electron chi connectivity index (χ2n) is 5.65. The van der Waals surface area contributed by atoms with Gasteiger partial charge in [0.1, 0.15) is 11.6 Å². The van der Waals surface area contributed by atoms with Crippen molar-refractivity contribution in [1.82, 2.24) is 5.32 Å². The maximum atomic E-state index is 12.1. The Balaban J connectivity index is 2.02. The molecular weight excluding hydrogens is 328 g/mol. The first-order valence-corrected chi connectivity index (χ1v) is 8.02. The number of rotatable bonds is 6. The van der Waals surface area contributed by atoms with Gasteiger partial charge in [0.2, 0.25) is 0 Å². The summed E-state index contributed by atoms with van der Waals surface area (Å²) < 4.78 is 5.04. The maximum absolute atomic E-state index is 12.1. The summed E-state index contributed by atoms with van der Waals surface area (Å²) in [7, 11) is 1.47. The van der Waals surface area contributed by atoms with E-state index in [1.54, 1.807) is 24.3 Å². The van der Waals surface area contributed by atoms with Gasteiger partial charge in [-0.25, -0.2) is 0 Å². The predicted octanol–water partition coefficient (Wildman–Crippen LogP) is 3.49. The second-order valence-corrected chi connectivity index (χ2v) is 5.65. The van der Waals surface area contributed by atoms with Crippen LogP contribution >= 0.6 is 0 Å². The summed E-state index contributed by atoms with van der Waals surface area (Å²) in [4.78, 5) is 12.1. The van der Waals surface area contributed by atoms with E-state index in [-0.39, 0.29) is 11.3 Å². The van der Waals surface area contributed by atoms with E-state index in [4.69, 9.17) is 4.74 Å². The number of aromatic hydroxyl groups is 1. The molecule has 0 atom stereocenters. The standard InChI is InChI=1S/C21H20N2O3/c1-15-5-3-7-17(11-15)14-23-21(25)18(13-22)8-4-6-16-9-10-19(24)20(12-16)26-2/h3-12,24H,14H2,1-2H3,(H,23,25)/b6-4+,18-8+. The highest BCUT2D eigenvalue weighted by Gasteiger charge is 2.07. The van der Waals surface area contributed by atoms with Crippen LogP contribution in [0.4, 0.5) is 0 Å².